The van der Waals surface area contributed by atoms with Gasteiger partial charge >= 0.3 is 0 Å². The molecule has 1 aromatic heterocycles. The molecule has 2 saturated carbocycles. The van der Waals surface area contributed by atoms with Crippen molar-refractivity contribution in [2.75, 3.05) is 10.6 Å². The smallest absolute Gasteiger partial charge is 0.273 e. The van der Waals surface area contributed by atoms with Crippen molar-refractivity contribution in [1.29, 1.82) is 0 Å². The third-order valence-corrected chi connectivity index (χ3v) is 8.24. The van der Waals surface area contributed by atoms with E-state index in [-0.39, 0.29) is 40.2 Å². The van der Waals surface area contributed by atoms with Crippen LogP contribution in [0.15, 0.2) is 24.3 Å². The number of aryl methyl sites for hydroxylation is 1. The summed E-state index contributed by atoms with van der Waals surface area (Å²) >= 11 is 0.907. The van der Waals surface area contributed by atoms with Crippen molar-refractivity contribution in [3.63, 3.8) is 0 Å². The van der Waals surface area contributed by atoms with Gasteiger partial charge in [0.05, 0.1) is 5.69 Å². The van der Waals surface area contributed by atoms with Crippen LogP contribution in [0.1, 0.15) is 97.4 Å². The predicted molar refractivity (Wildman–Crippen MR) is 143 cm³/mol. The summed E-state index contributed by atoms with van der Waals surface area (Å²) in [5.74, 6) is -0.978. The highest BCUT2D eigenvalue weighted by molar-refractivity contribution is 7.09. The molecule has 0 unspecified atom stereocenters. The lowest BCUT2D eigenvalue weighted by Gasteiger charge is -2.31. The van der Waals surface area contributed by atoms with Gasteiger partial charge in [-0.3, -0.25) is 19.3 Å². The van der Waals surface area contributed by atoms with Crippen LogP contribution < -0.4 is 21.3 Å². The molecule has 2 aliphatic carbocycles. The number of benzene rings is 1. The topological polar surface area (TPSA) is 117 Å². The van der Waals surface area contributed by atoms with Gasteiger partial charge in [0.1, 0.15) is 10.9 Å². The number of amides is 3. The number of hydrogen-bond donors (Lipinski definition) is 3. The Morgan fingerprint density at radius 1 is 1.00 bits per heavy atom. The highest BCUT2D eigenvalue weighted by atomic mass is 32.1. The standard InChI is InChI=1S/C27H37N5O3S/c1-3-18-13-15-21(16-14-18)32(17(2)25(33)29-19-9-5-4-6-10-19)27(35)24-22(28)23(31-36-24)26(34)30-20-11-7-8-12-20/h13-17,19-20H,3-12,28H2,1-2H3,(H,29,33)(H,30,34)/t17-/m1/s1. The van der Waals surface area contributed by atoms with Crippen molar-refractivity contribution in [3.8, 4) is 0 Å². The number of nitrogens with two attached hydrogens (primary N) is 1. The number of nitrogens with one attached hydrogen (secondary N) is 2. The molecule has 3 amide bonds. The van der Waals surface area contributed by atoms with Crippen LogP contribution in [0.4, 0.5) is 11.4 Å². The molecule has 0 saturated heterocycles. The lowest BCUT2D eigenvalue weighted by atomic mass is 9.95. The molecule has 194 valence electrons. The average molecular weight is 512 g/mol. The summed E-state index contributed by atoms with van der Waals surface area (Å²) in [6.07, 6.45) is 10.2. The molecule has 0 aliphatic heterocycles. The Morgan fingerprint density at radius 3 is 2.19 bits per heavy atom. The molecule has 9 heteroatoms. The van der Waals surface area contributed by atoms with Crippen molar-refractivity contribution in [3.05, 3.63) is 40.4 Å². The number of aromatic nitrogens is 1. The Hall–Kier alpha value is -2.94. The lowest BCUT2D eigenvalue weighted by molar-refractivity contribution is -0.122. The molecule has 2 aromatic rings. The van der Waals surface area contributed by atoms with Crippen molar-refractivity contribution in [1.82, 2.24) is 15.0 Å². The maximum atomic E-state index is 13.8. The van der Waals surface area contributed by atoms with E-state index in [2.05, 4.69) is 21.9 Å². The summed E-state index contributed by atoms with van der Waals surface area (Å²) in [7, 11) is 0. The zero-order valence-corrected chi connectivity index (χ0v) is 22.0. The highest BCUT2D eigenvalue weighted by Crippen LogP contribution is 2.29. The molecule has 1 heterocycles. The molecule has 0 spiro atoms. The minimum atomic E-state index is -0.760. The van der Waals surface area contributed by atoms with E-state index >= 15 is 0 Å². The van der Waals surface area contributed by atoms with E-state index in [1.807, 2.05) is 24.3 Å². The predicted octanol–water partition coefficient (Wildman–Crippen LogP) is 4.44. The van der Waals surface area contributed by atoms with Gasteiger partial charge < -0.3 is 16.4 Å². The molecule has 36 heavy (non-hydrogen) atoms. The van der Waals surface area contributed by atoms with E-state index in [4.69, 9.17) is 5.73 Å². The zero-order chi connectivity index (χ0) is 25.7. The van der Waals surface area contributed by atoms with Gasteiger partial charge in [0.25, 0.3) is 11.8 Å². The van der Waals surface area contributed by atoms with Gasteiger partial charge in [0.15, 0.2) is 5.69 Å². The third kappa shape index (κ3) is 5.88. The first-order valence-corrected chi connectivity index (χ1v) is 13.9. The Morgan fingerprint density at radius 2 is 1.58 bits per heavy atom. The molecule has 2 aliphatic rings. The summed E-state index contributed by atoms with van der Waals surface area (Å²) in [5, 5.41) is 6.12. The number of carbonyl (C=O) groups excluding carboxylic acids is 3. The number of rotatable bonds is 8. The van der Waals surface area contributed by atoms with Crippen LogP contribution in [0.25, 0.3) is 0 Å². The summed E-state index contributed by atoms with van der Waals surface area (Å²) in [6, 6.07) is 7.11. The first-order valence-electron chi connectivity index (χ1n) is 13.2. The van der Waals surface area contributed by atoms with Gasteiger partial charge in [-0.2, -0.15) is 4.37 Å². The van der Waals surface area contributed by atoms with Crippen LogP contribution in [0.3, 0.4) is 0 Å². The summed E-state index contributed by atoms with van der Waals surface area (Å²) < 4.78 is 4.24. The SMILES string of the molecule is CCc1ccc(N(C(=O)c2snc(C(=O)NC3CCCC3)c2N)[C@H](C)C(=O)NC2CCCCC2)cc1. The Labute approximate surface area is 217 Å². The fraction of sp³-hybridized carbons (Fsp3) is 0.556. The van der Waals surface area contributed by atoms with Crippen molar-refractivity contribution < 1.29 is 14.4 Å². The van der Waals surface area contributed by atoms with E-state index < -0.39 is 11.9 Å². The number of nitrogens with zero attached hydrogens (tertiary/aromatic N) is 2. The Kier molecular flexibility index (Phi) is 8.61. The molecule has 1 aromatic carbocycles. The third-order valence-electron chi connectivity index (χ3n) is 7.39. The van der Waals surface area contributed by atoms with Crippen LogP contribution in [0.2, 0.25) is 0 Å². The minimum Gasteiger partial charge on any atom is -0.395 e. The highest BCUT2D eigenvalue weighted by Gasteiger charge is 2.33. The molecule has 4 rings (SSSR count). The second-order valence-corrected chi connectivity index (χ2v) is 10.7. The zero-order valence-electron chi connectivity index (χ0n) is 21.2. The Bertz CT molecular complexity index is 1070. The van der Waals surface area contributed by atoms with Gasteiger partial charge in [0.2, 0.25) is 5.91 Å². The van der Waals surface area contributed by atoms with Crippen molar-refractivity contribution in [2.24, 2.45) is 0 Å². The first kappa shape index (κ1) is 26.1. The van der Waals surface area contributed by atoms with Crippen LogP contribution in [-0.2, 0) is 11.2 Å². The first-order chi connectivity index (χ1) is 17.4. The van der Waals surface area contributed by atoms with Gasteiger partial charge in [0, 0.05) is 17.8 Å². The van der Waals surface area contributed by atoms with E-state index in [9.17, 15) is 14.4 Å². The number of carbonyl (C=O) groups is 3. The maximum absolute atomic E-state index is 13.8. The van der Waals surface area contributed by atoms with Crippen LogP contribution in [-0.4, -0.2) is 40.2 Å². The monoisotopic (exact) mass is 511 g/mol. The summed E-state index contributed by atoms with van der Waals surface area (Å²) in [5.41, 5.74) is 8.19. The van der Waals surface area contributed by atoms with Gasteiger partial charge in [-0.1, -0.05) is 51.2 Å². The van der Waals surface area contributed by atoms with Gasteiger partial charge in [-0.05, 0) is 68.3 Å². The molecule has 4 N–H and O–H groups in total. The second kappa shape index (κ2) is 11.9. The normalized spacial score (nSPS) is 17.5. The largest absolute Gasteiger partial charge is 0.395 e. The molecule has 8 nitrogen and oxygen atoms in total. The number of anilines is 2. The summed E-state index contributed by atoms with van der Waals surface area (Å²) in [6.45, 7) is 3.79. The van der Waals surface area contributed by atoms with E-state index in [1.54, 1.807) is 6.92 Å². The molecular weight excluding hydrogens is 474 g/mol. The average Bonchev–Trinajstić information content (AvgIpc) is 3.54. The fourth-order valence-corrected chi connectivity index (χ4v) is 5.88. The lowest BCUT2D eigenvalue weighted by Crippen LogP contribution is -2.51. The summed E-state index contributed by atoms with van der Waals surface area (Å²) in [4.78, 5) is 41.5. The number of nitrogen functional groups attached to an aromatic ring is 1. The fourth-order valence-electron chi connectivity index (χ4n) is 5.14. The van der Waals surface area contributed by atoms with Crippen LogP contribution >= 0.6 is 11.5 Å². The van der Waals surface area contributed by atoms with E-state index in [1.165, 1.54) is 11.3 Å². The van der Waals surface area contributed by atoms with Gasteiger partial charge in [-0.25, -0.2) is 0 Å². The van der Waals surface area contributed by atoms with Crippen LogP contribution in [0, 0.1) is 0 Å². The quantitative estimate of drug-likeness (QED) is 0.484. The van der Waals surface area contributed by atoms with Gasteiger partial charge in [-0.15, -0.1) is 0 Å². The van der Waals surface area contributed by atoms with E-state index in [0.717, 1.165) is 74.9 Å². The maximum Gasteiger partial charge on any atom is 0.273 e. The molecule has 0 bridgehead atoms. The molecular formula is C27H37N5O3S. The number of hydrogen-bond acceptors (Lipinski definition) is 6. The molecule has 2 fully saturated rings. The molecule has 0 radical (unpaired) electrons. The molecule has 1 atom stereocenters. The van der Waals surface area contributed by atoms with Crippen molar-refractivity contribution in [2.45, 2.75) is 96.2 Å². The Balaban J connectivity index is 1.58. The van der Waals surface area contributed by atoms with Crippen LogP contribution in [0.5, 0.6) is 0 Å². The minimum absolute atomic E-state index is 0.0653. The van der Waals surface area contributed by atoms with Crippen molar-refractivity contribution >= 4 is 40.6 Å². The van der Waals surface area contributed by atoms with E-state index in [0.29, 0.717) is 5.69 Å². The second-order valence-electron chi connectivity index (χ2n) is 9.94.